The molecule has 1 heterocycles. The van der Waals surface area contributed by atoms with Crippen LogP contribution in [0.4, 0.5) is 5.69 Å². The zero-order valence-corrected chi connectivity index (χ0v) is 16.7. The number of methoxy groups -OCH3 is 1. The number of rotatable bonds is 6. The lowest BCUT2D eigenvalue weighted by atomic mass is 10.0. The van der Waals surface area contributed by atoms with Gasteiger partial charge in [0.2, 0.25) is 10.0 Å². The summed E-state index contributed by atoms with van der Waals surface area (Å²) >= 11 is 0. The van der Waals surface area contributed by atoms with Gasteiger partial charge in [-0.1, -0.05) is 0 Å². The van der Waals surface area contributed by atoms with Crippen LogP contribution >= 0.6 is 0 Å². The molecule has 0 unspecified atom stereocenters. The summed E-state index contributed by atoms with van der Waals surface area (Å²) in [6.07, 6.45) is 1.73. The number of fused-ring (bicyclic) bond motifs is 1. The second-order valence-electron chi connectivity index (χ2n) is 6.68. The van der Waals surface area contributed by atoms with E-state index < -0.39 is 16.0 Å². The van der Waals surface area contributed by atoms with Crippen molar-refractivity contribution >= 4 is 27.5 Å². The maximum absolute atomic E-state index is 12.5. The van der Waals surface area contributed by atoms with Crippen LogP contribution in [0, 0.1) is 0 Å². The number of sulfonamides is 1. The summed E-state index contributed by atoms with van der Waals surface area (Å²) in [7, 11) is -2.06. The fourth-order valence-corrected chi connectivity index (χ4v) is 4.58. The summed E-state index contributed by atoms with van der Waals surface area (Å²) in [6.45, 7) is 1.67. The molecule has 0 fully saturated rings. The van der Waals surface area contributed by atoms with Crippen molar-refractivity contribution in [1.29, 1.82) is 0 Å². The first kappa shape index (κ1) is 19.9. The van der Waals surface area contributed by atoms with E-state index >= 15 is 0 Å². The highest BCUT2D eigenvalue weighted by molar-refractivity contribution is 7.92. The van der Waals surface area contributed by atoms with Crippen molar-refractivity contribution < 1.29 is 27.5 Å². The highest BCUT2D eigenvalue weighted by Gasteiger charge is 2.32. The molecule has 1 aliphatic heterocycles. The predicted molar refractivity (Wildman–Crippen MR) is 105 cm³/mol. The Bertz CT molecular complexity index is 1010. The highest BCUT2D eigenvalue weighted by Crippen LogP contribution is 2.34. The minimum Gasteiger partial charge on any atom is -0.485 e. The fraction of sp³-hybridized carbons (Fsp3) is 0.300. The van der Waals surface area contributed by atoms with Crippen molar-refractivity contribution in [3.05, 3.63) is 59.2 Å². The molecule has 0 aliphatic carbocycles. The Morgan fingerprint density at radius 1 is 1.11 bits per heavy atom. The maximum atomic E-state index is 12.5. The van der Waals surface area contributed by atoms with Crippen molar-refractivity contribution in [1.82, 2.24) is 0 Å². The number of nitrogens with zero attached hydrogens (tertiary/aromatic N) is 1. The number of esters is 1. The summed E-state index contributed by atoms with van der Waals surface area (Å²) in [5, 5.41) is 0. The minimum absolute atomic E-state index is 0.165. The van der Waals surface area contributed by atoms with E-state index in [-0.39, 0.29) is 18.4 Å². The van der Waals surface area contributed by atoms with E-state index in [1.165, 1.54) is 17.7 Å². The van der Waals surface area contributed by atoms with Gasteiger partial charge in [0, 0.05) is 11.6 Å². The van der Waals surface area contributed by atoms with Crippen molar-refractivity contribution in [2.75, 3.05) is 24.3 Å². The van der Waals surface area contributed by atoms with Gasteiger partial charge in [0.25, 0.3) is 0 Å². The van der Waals surface area contributed by atoms with E-state index in [0.717, 1.165) is 5.56 Å². The number of hydrogen-bond donors (Lipinski definition) is 0. The Labute approximate surface area is 163 Å². The van der Waals surface area contributed by atoms with Crippen LogP contribution in [0.3, 0.4) is 0 Å². The molecule has 2 aromatic rings. The molecule has 8 heteroatoms. The number of anilines is 1. The number of hydrogen-bond acceptors (Lipinski definition) is 6. The molecule has 0 saturated heterocycles. The fourth-order valence-electron chi connectivity index (χ4n) is 3.32. The quantitative estimate of drug-likeness (QED) is 0.544. The van der Waals surface area contributed by atoms with Crippen molar-refractivity contribution in [3.63, 3.8) is 0 Å². The second kappa shape index (κ2) is 7.63. The molecule has 28 heavy (non-hydrogen) atoms. The SMILES string of the molecule is COC(=O)c1ccc(OCC(=O)c2ccc3c(c2)C[C@@H](C)N3S(C)(=O)=O)cc1. The normalized spacial score (nSPS) is 15.8. The lowest BCUT2D eigenvalue weighted by Gasteiger charge is -2.21. The lowest BCUT2D eigenvalue weighted by Crippen LogP contribution is -2.34. The molecule has 2 aromatic carbocycles. The molecule has 0 N–H and O–H groups in total. The molecule has 3 rings (SSSR count). The van der Waals surface area contributed by atoms with Crippen LogP contribution < -0.4 is 9.04 Å². The Kier molecular flexibility index (Phi) is 5.42. The molecular formula is C20H21NO6S. The first-order chi connectivity index (χ1) is 13.2. The van der Waals surface area contributed by atoms with Gasteiger partial charge in [0.05, 0.1) is 24.6 Å². The summed E-state index contributed by atoms with van der Waals surface area (Å²) in [6, 6.07) is 11.1. The third-order valence-corrected chi connectivity index (χ3v) is 5.83. The standard InChI is InChI=1S/C20H21NO6S/c1-13-10-16-11-15(6-9-18(16)21(13)28(3,24)25)19(22)12-27-17-7-4-14(5-8-17)20(23)26-2/h4-9,11,13H,10,12H2,1-3H3/t13-/m1/s1. The van der Waals surface area contributed by atoms with Crippen LogP contribution in [0.15, 0.2) is 42.5 Å². The highest BCUT2D eigenvalue weighted by atomic mass is 32.2. The predicted octanol–water partition coefficient (Wildman–Crippen LogP) is 2.45. The summed E-state index contributed by atoms with van der Waals surface area (Å²) < 4.78 is 35.5. The van der Waals surface area contributed by atoms with Crippen LogP contribution in [-0.4, -0.2) is 46.2 Å². The van der Waals surface area contributed by atoms with E-state index in [4.69, 9.17) is 4.74 Å². The molecule has 0 spiro atoms. The van der Waals surface area contributed by atoms with Gasteiger partial charge in [0.15, 0.2) is 12.4 Å². The Balaban J connectivity index is 1.69. The largest absolute Gasteiger partial charge is 0.485 e. The Hall–Kier alpha value is -2.87. The molecule has 0 saturated carbocycles. The molecule has 7 nitrogen and oxygen atoms in total. The third kappa shape index (κ3) is 4.01. The molecular weight excluding hydrogens is 382 g/mol. The van der Waals surface area contributed by atoms with Gasteiger partial charge in [-0.25, -0.2) is 13.2 Å². The van der Waals surface area contributed by atoms with E-state index in [0.29, 0.717) is 29.0 Å². The Morgan fingerprint density at radius 3 is 2.36 bits per heavy atom. The summed E-state index contributed by atoms with van der Waals surface area (Å²) in [5.74, 6) is -0.206. The van der Waals surface area contributed by atoms with Gasteiger partial charge in [-0.3, -0.25) is 9.10 Å². The topological polar surface area (TPSA) is 90.0 Å². The third-order valence-electron chi connectivity index (χ3n) is 4.56. The molecule has 0 aromatic heterocycles. The van der Waals surface area contributed by atoms with E-state index in [1.54, 1.807) is 42.5 Å². The first-order valence-electron chi connectivity index (χ1n) is 8.67. The van der Waals surface area contributed by atoms with E-state index in [1.807, 2.05) is 6.92 Å². The van der Waals surface area contributed by atoms with Crippen molar-refractivity contribution in [3.8, 4) is 5.75 Å². The van der Waals surface area contributed by atoms with Crippen LogP contribution in [0.5, 0.6) is 5.75 Å². The molecule has 0 radical (unpaired) electrons. The summed E-state index contributed by atoms with van der Waals surface area (Å²) in [5.41, 5.74) is 2.30. The number of carbonyl (C=O) groups is 2. The van der Waals surface area contributed by atoms with Gasteiger partial charge in [0.1, 0.15) is 5.75 Å². The molecule has 1 atom stereocenters. The summed E-state index contributed by atoms with van der Waals surface area (Å²) in [4.78, 5) is 23.9. The van der Waals surface area contributed by atoms with Gasteiger partial charge >= 0.3 is 5.97 Å². The van der Waals surface area contributed by atoms with Crippen molar-refractivity contribution in [2.45, 2.75) is 19.4 Å². The average Bonchev–Trinajstić information content (AvgIpc) is 3.00. The van der Waals surface area contributed by atoms with Gasteiger partial charge in [-0.2, -0.15) is 0 Å². The number of benzene rings is 2. The molecule has 0 amide bonds. The molecule has 1 aliphatic rings. The van der Waals surface area contributed by atoms with Gasteiger partial charge in [-0.05, 0) is 61.4 Å². The van der Waals surface area contributed by atoms with Crippen LogP contribution in [0.1, 0.15) is 33.2 Å². The lowest BCUT2D eigenvalue weighted by molar-refractivity contribution is 0.0600. The van der Waals surface area contributed by atoms with Crippen LogP contribution in [0.25, 0.3) is 0 Å². The monoisotopic (exact) mass is 403 g/mol. The Morgan fingerprint density at radius 2 is 1.75 bits per heavy atom. The van der Waals surface area contributed by atoms with E-state index in [2.05, 4.69) is 4.74 Å². The van der Waals surface area contributed by atoms with Crippen LogP contribution in [-0.2, 0) is 21.2 Å². The van der Waals surface area contributed by atoms with Gasteiger partial charge < -0.3 is 9.47 Å². The van der Waals surface area contributed by atoms with Gasteiger partial charge in [-0.15, -0.1) is 0 Å². The zero-order chi connectivity index (χ0) is 20.5. The maximum Gasteiger partial charge on any atom is 0.337 e. The molecule has 0 bridgehead atoms. The number of ketones is 1. The van der Waals surface area contributed by atoms with E-state index in [9.17, 15) is 18.0 Å². The number of ether oxygens (including phenoxy) is 2. The second-order valence-corrected chi connectivity index (χ2v) is 8.54. The minimum atomic E-state index is -3.37. The molecule has 148 valence electrons. The number of carbonyl (C=O) groups excluding carboxylic acids is 2. The average molecular weight is 403 g/mol. The van der Waals surface area contributed by atoms with Crippen LogP contribution in [0.2, 0.25) is 0 Å². The zero-order valence-electron chi connectivity index (χ0n) is 15.8. The van der Waals surface area contributed by atoms with Crippen molar-refractivity contribution in [2.24, 2.45) is 0 Å². The number of Topliss-reactive ketones (excluding diaryl/α,β-unsaturated/α-hetero) is 1. The first-order valence-corrected chi connectivity index (χ1v) is 10.5. The smallest absolute Gasteiger partial charge is 0.337 e.